The highest BCUT2D eigenvalue weighted by Gasteiger charge is 2.12. The SMILES string of the molecule is CCOC(=O)CCN(Cc1ccccc1)c1ccn(C)n1. The second kappa shape index (κ2) is 7.47. The van der Waals surface area contributed by atoms with E-state index < -0.39 is 0 Å². The van der Waals surface area contributed by atoms with E-state index in [1.165, 1.54) is 5.56 Å². The first-order valence-electron chi connectivity index (χ1n) is 7.13. The minimum atomic E-state index is -0.175. The summed E-state index contributed by atoms with van der Waals surface area (Å²) >= 11 is 0. The average molecular weight is 287 g/mol. The van der Waals surface area contributed by atoms with Gasteiger partial charge in [0.15, 0.2) is 5.82 Å². The van der Waals surface area contributed by atoms with E-state index in [1.54, 1.807) is 4.68 Å². The number of aromatic nitrogens is 2. The number of esters is 1. The maximum absolute atomic E-state index is 11.6. The molecule has 0 aliphatic carbocycles. The summed E-state index contributed by atoms with van der Waals surface area (Å²) in [5.74, 6) is 0.692. The number of carbonyl (C=O) groups is 1. The average Bonchev–Trinajstić information content (AvgIpc) is 2.91. The number of hydrogen-bond acceptors (Lipinski definition) is 4. The standard InChI is InChI=1S/C16H21N3O2/c1-3-21-16(20)10-12-19(15-9-11-18(2)17-15)13-14-7-5-4-6-8-14/h4-9,11H,3,10,12-13H2,1-2H3. The van der Waals surface area contributed by atoms with Crippen LogP contribution in [0.1, 0.15) is 18.9 Å². The number of ether oxygens (including phenoxy) is 1. The van der Waals surface area contributed by atoms with E-state index in [-0.39, 0.29) is 5.97 Å². The van der Waals surface area contributed by atoms with Gasteiger partial charge in [-0.25, -0.2) is 0 Å². The number of anilines is 1. The highest BCUT2D eigenvalue weighted by Crippen LogP contribution is 2.15. The van der Waals surface area contributed by atoms with E-state index in [0.717, 1.165) is 12.4 Å². The molecule has 1 aromatic carbocycles. The van der Waals surface area contributed by atoms with Crippen molar-refractivity contribution in [1.82, 2.24) is 9.78 Å². The number of rotatable bonds is 7. The summed E-state index contributed by atoms with van der Waals surface area (Å²) in [5, 5.41) is 4.42. The van der Waals surface area contributed by atoms with E-state index in [0.29, 0.717) is 19.6 Å². The van der Waals surface area contributed by atoms with Crippen molar-refractivity contribution in [2.75, 3.05) is 18.1 Å². The van der Waals surface area contributed by atoms with Gasteiger partial charge in [-0.15, -0.1) is 0 Å². The Morgan fingerprint density at radius 1 is 1.29 bits per heavy atom. The molecular formula is C16H21N3O2. The largest absolute Gasteiger partial charge is 0.466 e. The highest BCUT2D eigenvalue weighted by atomic mass is 16.5. The molecule has 2 aromatic rings. The van der Waals surface area contributed by atoms with Gasteiger partial charge in [0.2, 0.25) is 0 Å². The lowest BCUT2D eigenvalue weighted by Crippen LogP contribution is -2.26. The van der Waals surface area contributed by atoms with Crippen LogP contribution in [0.15, 0.2) is 42.6 Å². The molecule has 1 aromatic heterocycles. The predicted molar refractivity (Wildman–Crippen MR) is 82.0 cm³/mol. The van der Waals surface area contributed by atoms with Crippen LogP contribution in [-0.4, -0.2) is 28.9 Å². The van der Waals surface area contributed by atoms with Gasteiger partial charge in [-0.3, -0.25) is 9.48 Å². The fourth-order valence-corrected chi connectivity index (χ4v) is 2.11. The molecule has 5 heteroatoms. The van der Waals surface area contributed by atoms with Gasteiger partial charge in [-0.05, 0) is 12.5 Å². The van der Waals surface area contributed by atoms with E-state index >= 15 is 0 Å². The monoisotopic (exact) mass is 287 g/mol. The molecule has 0 saturated heterocycles. The summed E-state index contributed by atoms with van der Waals surface area (Å²) in [4.78, 5) is 13.7. The van der Waals surface area contributed by atoms with Gasteiger partial charge in [-0.2, -0.15) is 5.10 Å². The molecule has 0 saturated carbocycles. The normalized spacial score (nSPS) is 10.4. The van der Waals surface area contributed by atoms with Gasteiger partial charge < -0.3 is 9.64 Å². The van der Waals surface area contributed by atoms with Crippen LogP contribution < -0.4 is 4.90 Å². The smallest absolute Gasteiger partial charge is 0.307 e. The summed E-state index contributed by atoms with van der Waals surface area (Å²) in [7, 11) is 1.88. The third-order valence-electron chi connectivity index (χ3n) is 3.13. The summed E-state index contributed by atoms with van der Waals surface area (Å²) < 4.78 is 6.75. The van der Waals surface area contributed by atoms with Crippen molar-refractivity contribution in [3.8, 4) is 0 Å². The van der Waals surface area contributed by atoms with Gasteiger partial charge in [0.1, 0.15) is 0 Å². The Kier molecular flexibility index (Phi) is 5.37. The quantitative estimate of drug-likeness (QED) is 0.734. The summed E-state index contributed by atoms with van der Waals surface area (Å²) in [5.41, 5.74) is 1.19. The predicted octanol–water partition coefficient (Wildman–Crippen LogP) is 2.38. The molecule has 1 heterocycles. The second-order valence-electron chi connectivity index (χ2n) is 4.81. The molecule has 2 rings (SSSR count). The molecule has 0 aliphatic rings. The Bertz CT molecular complexity index is 566. The second-order valence-corrected chi connectivity index (χ2v) is 4.81. The van der Waals surface area contributed by atoms with Crippen molar-refractivity contribution < 1.29 is 9.53 Å². The minimum absolute atomic E-state index is 0.175. The molecule has 0 fully saturated rings. The Morgan fingerprint density at radius 3 is 2.67 bits per heavy atom. The van der Waals surface area contributed by atoms with E-state index in [2.05, 4.69) is 22.1 Å². The first kappa shape index (κ1) is 15.1. The lowest BCUT2D eigenvalue weighted by atomic mass is 10.2. The number of aryl methyl sites for hydroxylation is 1. The molecule has 0 amide bonds. The summed E-state index contributed by atoms with van der Waals surface area (Å²) in [6.07, 6.45) is 2.26. The molecule has 5 nitrogen and oxygen atoms in total. The fraction of sp³-hybridized carbons (Fsp3) is 0.375. The maximum atomic E-state index is 11.6. The fourth-order valence-electron chi connectivity index (χ4n) is 2.11. The lowest BCUT2D eigenvalue weighted by molar-refractivity contribution is -0.142. The Morgan fingerprint density at radius 2 is 2.05 bits per heavy atom. The zero-order chi connectivity index (χ0) is 15.1. The van der Waals surface area contributed by atoms with Crippen molar-refractivity contribution in [3.05, 3.63) is 48.2 Å². The Labute approximate surface area is 125 Å². The van der Waals surface area contributed by atoms with Crippen LogP contribution in [-0.2, 0) is 23.1 Å². The van der Waals surface area contributed by atoms with Gasteiger partial charge in [0, 0.05) is 32.4 Å². The van der Waals surface area contributed by atoms with Crippen molar-refractivity contribution in [3.63, 3.8) is 0 Å². The van der Waals surface area contributed by atoms with Gasteiger partial charge >= 0.3 is 5.97 Å². The highest BCUT2D eigenvalue weighted by molar-refractivity contribution is 5.70. The zero-order valence-electron chi connectivity index (χ0n) is 12.5. The maximum Gasteiger partial charge on any atom is 0.307 e. The molecular weight excluding hydrogens is 266 g/mol. The molecule has 0 aliphatic heterocycles. The van der Waals surface area contributed by atoms with Crippen LogP contribution >= 0.6 is 0 Å². The molecule has 112 valence electrons. The number of hydrogen-bond donors (Lipinski definition) is 0. The van der Waals surface area contributed by atoms with E-state index in [9.17, 15) is 4.79 Å². The first-order chi connectivity index (χ1) is 10.2. The van der Waals surface area contributed by atoms with Gasteiger partial charge in [0.25, 0.3) is 0 Å². The topological polar surface area (TPSA) is 47.4 Å². The van der Waals surface area contributed by atoms with Crippen molar-refractivity contribution in [2.24, 2.45) is 7.05 Å². The Hall–Kier alpha value is -2.30. The van der Waals surface area contributed by atoms with Crippen LogP contribution in [0, 0.1) is 0 Å². The third kappa shape index (κ3) is 4.63. The van der Waals surface area contributed by atoms with Crippen molar-refractivity contribution >= 4 is 11.8 Å². The van der Waals surface area contributed by atoms with Crippen molar-refractivity contribution in [1.29, 1.82) is 0 Å². The summed E-state index contributed by atoms with van der Waals surface area (Å²) in [6, 6.07) is 12.1. The van der Waals surface area contributed by atoms with E-state index in [4.69, 9.17) is 4.74 Å². The van der Waals surface area contributed by atoms with Gasteiger partial charge in [0.05, 0.1) is 13.0 Å². The van der Waals surface area contributed by atoms with Crippen molar-refractivity contribution in [2.45, 2.75) is 19.9 Å². The molecule has 0 unspecified atom stereocenters. The van der Waals surface area contributed by atoms with Gasteiger partial charge in [-0.1, -0.05) is 30.3 Å². The summed E-state index contributed by atoms with van der Waals surface area (Å²) in [6.45, 7) is 3.54. The molecule has 21 heavy (non-hydrogen) atoms. The number of nitrogens with zero attached hydrogens (tertiary/aromatic N) is 3. The molecule has 0 radical (unpaired) electrons. The third-order valence-corrected chi connectivity index (χ3v) is 3.13. The first-order valence-corrected chi connectivity index (χ1v) is 7.13. The molecule has 0 N–H and O–H groups in total. The Balaban J connectivity index is 2.05. The molecule has 0 bridgehead atoms. The van der Waals surface area contributed by atoms with Crippen LogP contribution in [0.25, 0.3) is 0 Å². The minimum Gasteiger partial charge on any atom is -0.466 e. The van der Waals surface area contributed by atoms with Crippen LogP contribution in [0.5, 0.6) is 0 Å². The molecule has 0 spiro atoms. The number of benzene rings is 1. The van der Waals surface area contributed by atoms with E-state index in [1.807, 2.05) is 44.4 Å². The van der Waals surface area contributed by atoms with Crippen LogP contribution in [0.3, 0.4) is 0 Å². The number of carbonyl (C=O) groups excluding carboxylic acids is 1. The molecule has 0 atom stereocenters. The van der Waals surface area contributed by atoms with Crippen LogP contribution in [0.2, 0.25) is 0 Å². The zero-order valence-corrected chi connectivity index (χ0v) is 12.5. The lowest BCUT2D eigenvalue weighted by Gasteiger charge is -2.22. The van der Waals surface area contributed by atoms with Crippen LogP contribution in [0.4, 0.5) is 5.82 Å².